The Hall–Kier alpha value is -2.38. The molecule has 0 heterocycles. The van der Waals surface area contributed by atoms with Crippen LogP contribution in [0.2, 0.25) is 5.02 Å². The number of hydrogen-bond acceptors (Lipinski definition) is 4. The van der Waals surface area contributed by atoms with Crippen molar-refractivity contribution in [3.8, 4) is 5.75 Å². The van der Waals surface area contributed by atoms with Gasteiger partial charge < -0.3 is 10.4 Å². The zero-order valence-corrected chi connectivity index (χ0v) is 15.3. The van der Waals surface area contributed by atoms with Crippen LogP contribution in [0.25, 0.3) is 0 Å². The Bertz CT molecular complexity index is 811. The van der Waals surface area contributed by atoms with Gasteiger partial charge in [-0.1, -0.05) is 17.7 Å². The molecule has 0 aliphatic carbocycles. The summed E-state index contributed by atoms with van der Waals surface area (Å²) in [5.74, 6) is -0.550. The molecule has 0 unspecified atom stereocenters. The fourth-order valence-corrected chi connectivity index (χ4v) is 2.44. The molecule has 2 aromatic rings. The average Bonchev–Trinajstić information content (AvgIpc) is 2.56. The lowest BCUT2D eigenvalue weighted by molar-refractivity contribution is -0.124. The van der Waals surface area contributed by atoms with Gasteiger partial charge in [-0.15, -0.1) is 0 Å². The van der Waals surface area contributed by atoms with Crippen LogP contribution in [0.4, 0.5) is 5.69 Å². The molecule has 2 aromatic carbocycles. The first-order chi connectivity index (χ1) is 11.9. The molecule has 25 heavy (non-hydrogen) atoms. The van der Waals surface area contributed by atoms with E-state index < -0.39 is 0 Å². The number of anilines is 1. The van der Waals surface area contributed by atoms with Gasteiger partial charge in [0.25, 0.3) is 0 Å². The number of hydrogen-bond donors (Lipinski definition) is 3. The summed E-state index contributed by atoms with van der Waals surface area (Å²) in [5, 5.41) is 16.4. The van der Waals surface area contributed by atoms with Crippen LogP contribution in [0.1, 0.15) is 18.4 Å². The van der Waals surface area contributed by atoms with Crippen molar-refractivity contribution in [2.45, 2.75) is 12.8 Å². The zero-order valence-electron chi connectivity index (χ0n) is 13.0. The maximum atomic E-state index is 11.8. The molecular formula is C17H15BrClN3O3. The fraction of sp³-hybridized carbons (Fsp3) is 0.118. The van der Waals surface area contributed by atoms with Crippen LogP contribution in [-0.4, -0.2) is 23.1 Å². The van der Waals surface area contributed by atoms with E-state index in [1.807, 2.05) is 0 Å². The number of rotatable bonds is 6. The summed E-state index contributed by atoms with van der Waals surface area (Å²) >= 11 is 9.02. The molecule has 0 saturated heterocycles. The van der Waals surface area contributed by atoms with Crippen LogP contribution < -0.4 is 10.7 Å². The largest absolute Gasteiger partial charge is 0.507 e. The normalized spacial score (nSPS) is 10.6. The number of benzene rings is 2. The Labute approximate surface area is 158 Å². The summed E-state index contributed by atoms with van der Waals surface area (Å²) in [6.45, 7) is 0. The first kappa shape index (κ1) is 19.0. The minimum atomic E-state index is -0.379. The van der Waals surface area contributed by atoms with Gasteiger partial charge in [0.15, 0.2) is 0 Å². The second-order valence-corrected chi connectivity index (χ2v) is 6.35. The Morgan fingerprint density at radius 2 is 1.92 bits per heavy atom. The predicted molar refractivity (Wildman–Crippen MR) is 101 cm³/mol. The third kappa shape index (κ3) is 6.56. The molecule has 8 heteroatoms. The minimum Gasteiger partial charge on any atom is -0.507 e. The van der Waals surface area contributed by atoms with Gasteiger partial charge in [0.05, 0.1) is 10.7 Å². The SMILES string of the molecule is O=C(CCC(=O)Nc1cccc(Cl)c1)N/N=C/c1ccc(O)c(Br)c1. The van der Waals surface area contributed by atoms with Gasteiger partial charge in [-0.25, -0.2) is 5.43 Å². The smallest absolute Gasteiger partial charge is 0.240 e. The number of phenols is 1. The number of aromatic hydroxyl groups is 1. The molecule has 0 aromatic heterocycles. The molecular weight excluding hydrogens is 410 g/mol. The van der Waals surface area contributed by atoms with Gasteiger partial charge in [0.1, 0.15) is 5.75 Å². The number of hydrazone groups is 1. The molecule has 2 amide bonds. The van der Waals surface area contributed by atoms with Crippen molar-refractivity contribution < 1.29 is 14.7 Å². The number of phenolic OH excluding ortho intramolecular Hbond substituents is 1. The molecule has 0 spiro atoms. The van der Waals surface area contributed by atoms with Crippen molar-refractivity contribution in [1.29, 1.82) is 0 Å². The van der Waals surface area contributed by atoms with Gasteiger partial charge in [-0.3, -0.25) is 9.59 Å². The number of nitrogens with one attached hydrogen (secondary N) is 2. The molecule has 6 nitrogen and oxygen atoms in total. The first-order valence-corrected chi connectivity index (χ1v) is 8.47. The van der Waals surface area contributed by atoms with E-state index in [0.717, 1.165) is 0 Å². The van der Waals surface area contributed by atoms with Crippen molar-refractivity contribution in [2.24, 2.45) is 5.10 Å². The van der Waals surface area contributed by atoms with Crippen LogP contribution in [-0.2, 0) is 9.59 Å². The highest BCUT2D eigenvalue weighted by Gasteiger charge is 2.07. The summed E-state index contributed by atoms with van der Waals surface area (Å²) in [6.07, 6.45) is 1.47. The highest BCUT2D eigenvalue weighted by Crippen LogP contribution is 2.23. The molecule has 0 aliphatic heterocycles. The van der Waals surface area contributed by atoms with E-state index >= 15 is 0 Å². The van der Waals surface area contributed by atoms with Crippen LogP contribution in [0.15, 0.2) is 52.0 Å². The van der Waals surface area contributed by atoms with Crippen LogP contribution >= 0.6 is 27.5 Å². The number of nitrogens with zero attached hydrogens (tertiary/aromatic N) is 1. The molecule has 0 aliphatic rings. The van der Waals surface area contributed by atoms with Crippen molar-refractivity contribution >= 4 is 51.2 Å². The summed E-state index contributed by atoms with van der Waals surface area (Å²) in [4.78, 5) is 23.5. The molecule has 3 N–H and O–H groups in total. The molecule has 0 atom stereocenters. The molecule has 0 bridgehead atoms. The first-order valence-electron chi connectivity index (χ1n) is 7.30. The summed E-state index contributed by atoms with van der Waals surface area (Å²) < 4.78 is 0.528. The Morgan fingerprint density at radius 3 is 2.64 bits per heavy atom. The predicted octanol–water partition coefficient (Wildman–Crippen LogP) is 3.68. The van der Waals surface area contributed by atoms with Gasteiger partial charge in [-0.05, 0) is 57.9 Å². The fourth-order valence-electron chi connectivity index (χ4n) is 1.85. The summed E-state index contributed by atoms with van der Waals surface area (Å²) in [7, 11) is 0. The molecule has 130 valence electrons. The van der Waals surface area contributed by atoms with Crippen LogP contribution in [0.3, 0.4) is 0 Å². The monoisotopic (exact) mass is 423 g/mol. The maximum Gasteiger partial charge on any atom is 0.240 e. The quantitative estimate of drug-likeness (QED) is 0.488. The number of amides is 2. The van der Waals surface area contributed by atoms with Gasteiger partial charge >= 0.3 is 0 Å². The zero-order chi connectivity index (χ0) is 18.2. The molecule has 2 rings (SSSR count). The van der Waals surface area contributed by atoms with Crippen LogP contribution in [0.5, 0.6) is 5.75 Å². The second kappa shape index (κ2) is 9.19. The summed E-state index contributed by atoms with van der Waals surface area (Å²) in [5.41, 5.74) is 3.62. The van der Waals surface area contributed by atoms with E-state index in [-0.39, 0.29) is 30.4 Å². The van der Waals surface area contributed by atoms with E-state index in [1.165, 1.54) is 12.3 Å². The van der Waals surface area contributed by atoms with E-state index in [2.05, 4.69) is 31.8 Å². The van der Waals surface area contributed by atoms with Crippen molar-refractivity contribution in [3.05, 3.63) is 57.5 Å². The van der Waals surface area contributed by atoms with Gasteiger partial charge in [0.2, 0.25) is 11.8 Å². The molecule has 0 fully saturated rings. The van der Waals surface area contributed by atoms with Crippen molar-refractivity contribution in [1.82, 2.24) is 5.43 Å². The average molecular weight is 425 g/mol. The van der Waals surface area contributed by atoms with E-state index in [0.29, 0.717) is 20.7 Å². The number of halogens is 2. The lowest BCUT2D eigenvalue weighted by Gasteiger charge is -2.05. The summed E-state index contributed by atoms with van der Waals surface area (Å²) in [6, 6.07) is 11.6. The lowest BCUT2D eigenvalue weighted by atomic mass is 10.2. The van der Waals surface area contributed by atoms with Crippen LogP contribution in [0, 0.1) is 0 Å². The second-order valence-electron chi connectivity index (χ2n) is 5.06. The third-order valence-electron chi connectivity index (χ3n) is 3.06. The van der Waals surface area contributed by atoms with Gasteiger partial charge in [-0.2, -0.15) is 5.10 Å². The maximum absolute atomic E-state index is 11.8. The van der Waals surface area contributed by atoms with E-state index in [1.54, 1.807) is 36.4 Å². The third-order valence-corrected chi connectivity index (χ3v) is 3.93. The van der Waals surface area contributed by atoms with Crippen molar-refractivity contribution in [2.75, 3.05) is 5.32 Å². The topological polar surface area (TPSA) is 90.8 Å². The molecule has 0 radical (unpaired) electrons. The number of carbonyl (C=O) groups excluding carboxylic acids is 2. The Balaban J connectivity index is 1.75. The van der Waals surface area contributed by atoms with E-state index in [4.69, 9.17) is 11.6 Å². The minimum absolute atomic E-state index is 0.00299. The molecule has 0 saturated carbocycles. The lowest BCUT2D eigenvalue weighted by Crippen LogP contribution is -2.20. The standard InChI is InChI=1S/C17H15BrClN3O3/c18-14-8-11(4-5-15(14)23)10-20-22-17(25)7-6-16(24)21-13-3-1-2-12(19)9-13/h1-5,8-10,23H,6-7H2,(H,21,24)(H,22,25)/b20-10+. The highest BCUT2D eigenvalue weighted by atomic mass is 79.9. The number of carbonyl (C=O) groups is 2. The van der Waals surface area contributed by atoms with Gasteiger partial charge in [0, 0.05) is 23.6 Å². The van der Waals surface area contributed by atoms with Crippen molar-refractivity contribution in [3.63, 3.8) is 0 Å². The van der Waals surface area contributed by atoms with E-state index in [9.17, 15) is 14.7 Å². The Morgan fingerprint density at radius 1 is 1.16 bits per heavy atom. The highest BCUT2D eigenvalue weighted by molar-refractivity contribution is 9.10. The Kier molecular flexibility index (Phi) is 6.97.